The van der Waals surface area contributed by atoms with Gasteiger partial charge in [0.05, 0.1) is 5.56 Å². The third-order valence-electron chi connectivity index (χ3n) is 5.00. The molecule has 31 heavy (non-hydrogen) atoms. The van der Waals surface area contributed by atoms with E-state index in [-0.39, 0.29) is 12.5 Å². The van der Waals surface area contributed by atoms with Crippen LogP contribution in [0.5, 0.6) is 5.75 Å². The van der Waals surface area contributed by atoms with Crippen LogP contribution < -0.4 is 15.0 Å². The predicted octanol–water partition coefficient (Wildman–Crippen LogP) is 3.23. The lowest BCUT2D eigenvalue weighted by molar-refractivity contribution is -0.137. The molecule has 3 rings (SSSR count). The standard InChI is InChI=1S/C22H26F3N3O3/c1-16(29)26-18-5-7-21(8-6-18)31-15-20(30)14-27-9-11-28(12-10-27)19-4-2-3-17(13-19)22(23,24)25/h2-8,13,20,30H,9-12,14-15H2,1H3,(H,26,29)/t20-/m1/s1. The van der Waals surface area contributed by atoms with E-state index in [1.807, 2.05) is 4.90 Å². The molecule has 0 radical (unpaired) electrons. The van der Waals surface area contributed by atoms with Gasteiger partial charge in [0.25, 0.3) is 0 Å². The lowest BCUT2D eigenvalue weighted by Gasteiger charge is -2.37. The maximum Gasteiger partial charge on any atom is 0.416 e. The van der Waals surface area contributed by atoms with E-state index in [0.29, 0.717) is 49.8 Å². The lowest BCUT2D eigenvalue weighted by atomic mass is 10.1. The molecule has 1 aliphatic rings. The molecular formula is C22H26F3N3O3. The number of amides is 1. The molecule has 1 heterocycles. The molecule has 1 amide bonds. The van der Waals surface area contributed by atoms with Crippen LogP contribution >= 0.6 is 0 Å². The van der Waals surface area contributed by atoms with Crippen LogP contribution in [0.4, 0.5) is 24.5 Å². The second kappa shape index (κ2) is 10.0. The number of carbonyl (C=O) groups is 1. The first-order chi connectivity index (χ1) is 14.7. The summed E-state index contributed by atoms with van der Waals surface area (Å²) in [4.78, 5) is 15.0. The molecule has 0 bridgehead atoms. The fourth-order valence-electron chi connectivity index (χ4n) is 3.45. The molecule has 0 aromatic heterocycles. The Morgan fingerprint density at radius 1 is 1.13 bits per heavy atom. The second-order valence-corrected chi connectivity index (χ2v) is 7.51. The number of carbonyl (C=O) groups excluding carboxylic acids is 1. The van der Waals surface area contributed by atoms with Gasteiger partial charge in [-0.25, -0.2) is 0 Å². The molecule has 9 heteroatoms. The number of hydrogen-bond acceptors (Lipinski definition) is 5. The molecule has 1 saturated heterocycles. The van der Waals surface area contributed by atoms with E-state index in [1.165, 1.54) is 19.1 Å². The van der Waals surface area contributed by atoms with Crippen molar-refractivity contribution in [3.63, 3.8) is 0 Å². The molecule has 168 valence electrons. The Kier molecular flexibility index (Phi) is 7.40. The minimum atomic E-state index is -4.35. The number of nitrogens with one attached hydrogen (secondary N) is 1. The molecule has 2 N–H and O–H groups in total. The molecule has 1 fully saturated rings. The van der Waals surface area contributed by atoms with Crippen LogP contribution in [0, 0.1) is 0 Å². The van der Waals surface area contributed by atoms with Gasteiger partial charge in [-0.2, -0.15) is 13.2 Å². The van der Waals surface area contributed by atoms with E-state index in [9.17, 15) is 23.1 Å². The number of hydrogen-bond donors (Lipinski definition) is 2. The summed E-state index contributed by atoms with van der Waals surface area (Å²) in [6.07, 6.45) is -5.05. The highest BCUT2D eigenvalue weighted by atomic mass is 19.4. The van der Waals surface area contributed by atoms with Gasteiger partial charge < -0.3 is 20.1 Å². The monoisotopic (exact) mass is 437 g/mol. The van der Waals surface area contributed by atoms with Gasteiger partial charge in [-0.15, -0.1) is 0 Å². The number of β-amino-alcohol motifs (C(OH)–C–C–N with tert-alkyl or cyclic N) is 1. The highest BCUT2D eigenvalue weighted by Crippen LogP contribution is 2.31. The Morgan fingerprint density at radius 2 is 1.81 bits per heavy atom. The normalized spacial score (nSPS) is 16.1. The number of nitrogens with zero attached hydrogens (tertiary/aromatic N) is 2. The van der Waals surface area contributed by atoms with Crippen molar-refractivity contribution in [2.24, 2.45) is 0 Å². The van der Waals surface area contributed by atoms with Gasteiger partial charge in [-0.1, -0.05) is 6.07 Å². The zero-order chi connectivity index (χ0) is 22.4. The Labute approximate surface area is 179 Å². The Balaban J connectivity index is 1.43. The van der Waals surface area contributed by atoms with Crippen molar-refractivity contribution in [3.8, 4) is 5.75 Å². The smallest absolute Gasteiger partial charge is 0.416 e. The fourth-order valence-corrected chi connectivity index (χ4v) is 3.45. The van der Waals surface area contributed by atoms with E-state index < -0.39 is 17.8 Å². The first kappa shape index (κ1) is 22.9. The maximum atomic E-state index is 12.9. The Bertz CT molecular complexity index is 866. The van der Waals surface area contributed by atoms with E-state index in [2.05, 4.69) is 10.2 Å². The third-order valence-corrected chi connectivity index (χ3v) is 5.00. The number of benzene rings is 2. The molecule has 0 saturated carbocycles. The number of anilines is 2. The van der Waals surface area contributed by atoms with E-state index in [0.717, 1.165) is 6.07 Å². The fraction of sp³-hybridized carbons (Fsp3) is 0.409. The highest BCUT2D eigenvalue weighted by Gasteiger charge is 2.31. The number of ether oxygens (including phenoxy) is 1. The molecule has 1 aliphatic heterocycles. The zero-order valence-corrected chi connectivity index (χ0v) is 17.2. The lowest BCUT2D eigenvalue weighted by Crippen LogP contribution is -2.49. The molecule has 6 nitrogen and oxygen atoms in total. The molecular weight excluding hydrogens is 411 g/mol. The number of piperazine rings is 1. The van der Waals surface area contributed by atoms with Gasteiger partial charge in [-0.05, 0) is 42.5 Å². The Morgan fingerprint density at radius 3 is 2.42 bits per heavy atom. The van der Waals surface area contributed by atoms with E-state index in [4.69, 9.17) is 4.74 Å². The average molecular weight is 437 g/mol. The third kappa shape index (κ3) is 6.86. The summed E-state index contributed by atoms with van der Waals surface area (Å²) in [6.45, 7) is 4.41. The van der Waals surface area contributed by atoms with Gasteiger partial charge in [0.1, 0.15) is 18.5 Å². The predicted molar refractivity (Wildman–Crippen MR) is 112 cm³/mol. The summed E-state index contributed by atoms with van der Waals surface area (Å²) >= 11 is 0. The van der Waals surface area contributed by atoms with Crippen LogP contribution in [0.2, 0.25) is 0 Å². The van der Waals surface area contributed by atoms with Gasteiger partial charge >= 0.3 is 6.18 Å². The quantitative estimate of drug-likeness (QED) is 0.697. The average Bonchev–Trinajstić information content (AvgIpc) is 2.73. The minimum absolute atomic E-state index is 0.118. The van der Waals surface area contributed by atoms with Crippen LogP contribution in [-0.4, -0.2) is 61.3 Å². The summed E-state index contributed by atoms with van der Waals surface area (Å²) < 4.78 is 44.4. The number of aliphatic hydroxyl groups is 1. The Hall–Kier alpha value is -2.78. The van der Waals surface area contributed by atoms with Gasteiger partial charge in [0.15, 0.2) is 0 Å². The van der Waals surface area contributed by atoms with Crippen molar-refractivity contribution in [2.75, 3.05) is 49.5 Å². The maximum absolute atomic E-state index is 12.9. The van der Waals surface area contributed by atoms with Crippen LogP contribution in [0.15, 0.2) is 48.5 Å². The van der Waals surface area contributed by atoms with Crippen molar-refractivity contribution in [3.05, 3.63) is 54.1 Å². The van der Waals surface area contributed by atoms with Crippen molar-refractivity contribution >= 4 is 17.3 Å². The van der Waals surface area contributed by atoms with Gasteiger partial charge in [-0.3, -0.25) is 9.69 Å². The van der Waals surface area contributed by atoms with Gasteiger partial charge in [0.2, 0.25) is 5.91 Å². The van der Waals surface area contributed by atoms with Gasteiger partial charge in [0, 0.05) is 51.0 Å². The van der Waals surface area contributed by atoms with Crippen molar-refractivity contribution < 1.29 is 27.8 Å². The van der Waals surface area contributed by atoms with Crippen molar-refractivity contribution in [2.45, 2.75) is 19.2 Å². The molecule has 2 aromatic carbocycles. The van der Waals surface area contributed by atoms with Crippen LogP contribution in [0.1, 0.15) is 12.5 Å². The minimum Gasteiger partial charge on any atom is -0.491 e. The summed E-state index contributed by atoms with van der Waals surface area (Å²) in [7, 11) is 0. The first-order valence-electron chi connectivity index (χ1n) is 10.0. The number of rotatable bonds is 7. The summed E-state index contributed by atoms with van der Waals surface area (Å²) in [6, 6.07) is 12.2. The number of halogens is 3. The molecule has 1 atom stereocenters. The van der Waals surface area contributed by atoms with Crippen molar-refractivity contribution in [1.29, 1.82) is 0 Å². The van der Waals surface area contributed by atoms with Crippen molar-refractivity contribution in [1.82, 2.24) is 4.90 Å². The summed E-state index contributed by atoms with van der Waals surface area (Å²) in [5, 5.41) is 12.9. The number of alkyl halides is 3. The number of aliphatic hydroxyl groups excluding tert-OH is 1. The topological polar surface area (TPSA) is 65.0 Å². The summed E-state index contributed by atoms with van der Waals surface area (Å²) in [5.74, 6) is 0.430. The SMILES string of the molecule is CC(=O)Nc1ccc(OC[C@H](O)CN2CCN(c3cccc(C(F)(F)F)c3)CC2)cc1. The first-order valence-corrected chi connectivity index (χ1v) is 10.0. The molecule has 0 spiro atoms. The van der Waals surface area contributed by atoms with Crippen LogP contribution in [0.25, 0.3) is 0 Å². The molecule has 2 aromatic rings. The zero-order valence-electron chi connectivity index (χ0n) is 17.2. The largest absolute Gasteiger partial charge is 0.491 e. The van der Waals surface area contributed by atoms with Crippen LogP contribution in [0.3, 0.4) is 0 Å². The molecule has 0 unspecified atom stereocenters. The summed E-state index contributed by atoms with van der Waals surface area (Å²) in [5.41, 5.74) is 0.574. The second-order valence-electron chi connectivity index (χ2n) is 7.51. The van der Waals surface area contributed by atoms with E-state index in [1.54, 1.807) is 30.3 Å². The highest BCUT2D eigenvalue weighted by molar-refractivity contribution is 5.88. The van der Waals surface area contributed by atoms with E-state index >= 15 is 0 Å². The molecule has 0 aliphatic carbocycles. The van der Waals surface area contributed by atoms with Crippen LogP contribution in [-0.2, 0) is 11.0 Å².